The number of ether oxygens (including phenoxy) is 1. The van der Waals surface area contributed by atoms with Gasteiger partial charge < -0.3 is 24.5 Å². The highest BCUT2D eigenvalue weighted by Crippen LogP contribution is 2.27. The molecule has 9 heteroatoms. The summed E-state index contributed by atoms with van der Waals surface area (Å²) in [5.74, 6) is 2.31. The summed E-state index contributed by atoms with van der Waals surface area (Å²) in [6.45, 7) is 9.45. The number of anilines is 3. The SMILES string of the molecule is C=CCn1c(C)nc2cc(Nc3nc(N4CCOCC4)nc4nc[nH]c34)ccc21. The van der Waals surface area contributed by atoms with Gasteiger partial charge in [-0.1, -0.05) is 6.08 Å². The lowest BCUT2D eigenvalue weighted by atomic mass is 10.2. The molecule has 1 aliphatic heterocycles. The highest BCUT2D eigenvalue weighted by molar-refractivity contribution is 5.88. The van der Waals surface area contributed by atoms with Crippen molar-refractivity contribution in [2.75, 3.05) is 36.5 Å². The number of hydrogen-bond donors (Lipinski definition) is 2. The molecule has 1 aliphatic rings. The molecule has 0 atom stereocenters. The van der Waals surface area contributed by atoms with Crippen LogP contribution in [0.15, 0.2) is 37.2 Å². The van der Waals surface area contributed by atoms with E-state index in [9.17, 15) is 0 Å². The van der Waals surface area contributed by atoms with Crippen molar-refractivity contribution in [2.45, 2.75) is 13.5 Å². The molecule has 0 aliphatic carbocycles. The lowest BCUT2D eigenvalue weighted by Crippen LogP contribution is -2.37. The zero-order valence-electron chi connectivity index (χ0n) is 16.2. The van der Waals surface area contributed by atoms with Gasteiger partial charge in [-0.25, -0.2) is 9.97 Å². The van der Waals surface area contributed by atoms with Gasteiger partial charge in [0.15, 0.2) is 11.5 Å². The maximum Gasteiger partial charge on any atom is 0.229 e. The quantitative estimate of drug-likeness (QED) is 0.506. The number of aromatic amines is 1. The van der Waals surface area contributed by atoms with Crippen LogP contribution in [0, 0.1) is 6.92 Å². The predicted octanol–water partition coefficient (Wildman–Crippen LogP) is 2.78. The molecule has 1 saturated heterocycles. The number of aryl methyl sites for hydroxylation is 1. The van der Waals surface area contributed by atoms with Gasteiger partial charge in [0.1, 0.15) is 11.3 Å². The second-order valence-electron chi connectivity index (χ2n) is 6.96. The molecule has 0 spiro atoms. The van der Waals surface area contributed by atoms with E-state index in [4.69, 9.17) is 9.72 Å². The highest BCUT2D eigenvalue weighted by atomic mass is 16.5. The van der Waals surface area contributed by atoms with Crippen molar-refractivity contribution in [1.82, 2.24) is 29.5 Å². The van der Waals surface area contributed by atoms with Gasteiger partial charge in [0.05, 0.1) is 30.6 Å². The van der Waals surface area contributed by atoms with E-state index in [-0.39, 0.29) is 0 Å². The van der Waals surface area contributed by atoms with Gasteiger partial charge >= 0.3 is 0 Å². The summed E-state index contributed by atoms with van der Waals surface area (Å²) in [5.41, 5.74) is 4.32. The minimum Gasteiger partial charge on any atom is -0.378 e. The van der Waals surface area contributed by atoms with Crippen LogP contribution >= 0.6 is 0 Å². The van der Waals surface area contributed by atoms with Crippen molar-refractivity contribution in [3.05, 3.63) is 43.0 Å². The first-order valence-corrected chi connectivity index (χ1v) is 9.61. The second-order valence-corrected chi connectivity index (χ2v) is 6.96. The van der Waals surface area contributed by atoms with E-state index in [1.54, 1.807) is 6.33 Å². The third-order valence-corrected chi connectivity index (χ3v) is 5.08. The summed E-state index contributed by atoms with van der Waals surface area (Å²) < 4.78 is 7.58. The third-order valence-electron chi connectivity index (χ3n) is 5.08. The van der Waals surface area contributed by atoms with E-state index in [2.05, 4.69) is 47.4 Å². The number of rotatable bonds is 5. The van der Waals surface area contributed by atoms with E-state index in [0.29, 0.717) is 30.6 Å². The summed E-state index contributed by atoms with van der Waals surface area (Å²) >= 11 is 0. The molecule has 4 aromatic rings. The molecular formula is C20H22N8O. The van der Waals surface area contributed by atoms with Crippen molar-refractivity contribution in [3.63, 3.8) is 0 Å². The Kier molecular flexibility index (Phi) is 4.36. The summed E-state index contributed by atoms with van der Waals surface area (Å²) in [7, 11) is 0. The Balaban J connectivity index is 1.52. The molecule has 148 valence electrons. The van der Waals surface area contributed by atoms with Crippen molar-refractivity contribution in [1.29, 1.82) is 0 Å². The maximum absolute atomic E-state index is 5.44. The maximum atomic E-state index is 5.44. The number of hydrogen-bond acceptors (Lipinski definition) is 7. The largest absolute Gasteiger partial charge is 0.378 e. The molecule has 2 N–H and O–H groups in total. The molecule has 9 nitrogen and oxygen atoms in total. The Labute approximate surface area is 167 Å². The minimum atomic E-state index is 0.635. The summed E-state index contributed by atoms with van der Waals surface area (Å²) in [5, 5.41) is 3.42. The van der Waals surface area contributed by atoms with Crippen LogP contribution in [0.1, 0.15) is 5.82 Å². The summed E-state index contributed by atoms with van der Waals surface area (Å²) in [4.78, 5) is 23.6. The Hall–Kier alpha value is -3.46. The molecule has 0 bridgehead atoms. The number of benzene rings is 1. The molecular weight excluding hydrogens is 368 g/mol. The fraction of sp³-hybridized carbons (Fsp3) is 0.300. The number of imidazole rings is 2. The monoisotopic (exact) mass is 390 g/mol. The van der Waals surface area contributed by atoms with Crippen molar-refractivity contribution >= 4 is 39.7 Å². The number of nitrogens with zero attached hydrogens (tertiary/aromatic N) is 6. The van der Waals surface area contributed by atoms with E-state index < -0.39 is 0 Å². The number of allylic oxidation sites excluding steroid dienone is 1. The van der Waals surface area contributed by atoms with Crippen LogP contribution in [-0.2, 0) is 11.3 Å². The zero-order valence-corrected chi connectivity index (χ0v) is 16.2. The average Bonchev–Trinajstić information content (AvgIpc) is 3.33. The topological polar surface area (TPSA) is 96.8 Å². The van der Waals surface area contributed by atoms with Gasteiger partial charge in [-0.2, -0.15) is 9.97 Å². The van der Waals surface area contributed by atoms with Crippen LogP contribution in [0.3, 0.4) is 0 Å². The molecule has 5 rings (SSSR count). The number of morpholine rings is 1. The first-order chi connectivity index (χ1) is 14.2. The fourth-order valence-electron chi connectivity index (χ4n) is 3.64. The number of fused-ring (bicyclic) bond motifs is 2. The standard InChI is InChI=1S/C20H22N8O/c1-3-6-28-13(2)23-15-11-14(4-5-16(15)28)24-19-17-18(22-12-21-17)25-20(26-19)27-7-9-29-10-8-27/h3-5,11-12H,1,6-10H2,2H3,(H2,21,22,24,25,26). The van der Waals surface area contributed by atoms with Crippen LogP contribution in [0.5, 0.6) is 0 Å². The van der Waals surface area contributed by atoms with Gasteiger partial charge in [0.25, 0.3) is 0 Å². The smallest absolute Gasteiger partial charge is 0.229 e. The molecule has 0 radical (unpaired) electrons. The summed E-state index contributed by atoms with van der Waals surface area (Å²) in [6.07, 6.45) is 3.51. The number of H-pyrrole nitrogens is 1. The molecule has 0 unspecified atom stereocenters. The van der Waals surface area contributed by atoms with Gasteiger partial charge in [0, 0.05) is 25.3 Å². The van der Waals surface area contributed by atoms with E-state index in [0.717, 1.165) is 47.7 Å². The van der Waals surface area contributed by atoms with E-state index in [1.807, 2.05) is 25.1 Å². The minimum absolute atomic E-state index is 0.635. The molecule has 1 fully saturated rings. The van der Waals surface area contributed by atoms with Crippen molar-refractivity contribution in [3.8, 4) is 0 Å². The molecule has 29 heavy (non-hydrogen) atoms. The van der Waals surface area contributed by atoms with Crippen LogP contribution < -0.4 is 10.2 Å². The normalized spacial score (nSPS) is 14.6. The molecule has 0 saturated carbocycles. The Morgan fingerprint density at radius 1 is 1.24 bits per heavy atom. The lowest BCUT2D eigenvalue weighted by Gasteiger charge is -2.27. The van der Waals surface area contributed by atoms with E-state index in [1.165, 1.54) is 0 Å². The predicted molar refractivity (Wildman–Crippen MR) is 113 cm³/mol. The molecule has 0 amide bonds. The molecule has 1 aromatic carbocycles. The average molecular weight is 390 g/mol. The van der Waals surface area contributed by atoms with Gasteiger partial charge in [-0.05, 0) is 25.1 Å². The van der Waals surface area contributed by atoms with E-state index >= 15 is 0 Å². The summed E-state index contributed by atoms with van der Waals surface area (Å²) in [6, 6.07) is 6.12. The van der Waals surface area contributed by atoms with Crippen LogP contribution in [0.4, 0.5) is 17.5 Å². The zero-order chi connectivity index (χ0) is 19.8. The first-order valence-electron chi connectivity index (χ1n) is 9.61. The molecule has 4 heterocycles. The molecule has 3 aromatic heterocycles. The number of nitrogens with one attached hydrogen (secondary N) is 2. The van der Waals surface area contributed by atoms with Gasteiger partial charge in [0.2, 0.25) is 5.95 Å². The Morgan fingerprint density at radius 3 is 2.93 bits per heavy atom. The lowest BCUT2D eigenvalue weighted by molar-refractivity contribution is 0.122. The van der Waals surface area contributed by atoms with Crippen LogP contribution in [-0.4, -0.2) is 55.8 Å². The van der Waals surface area contributed by atoms with Gasteiger partial charge in [-0.3, -0.25) is 0 Å². The highest BCUT2D eigenvalue weighted by Gasteiger charge is 2.18. The van der Waals surface area contributed by atoms with Crippen molar-refractivity contribution in [2.24, 2.45) is 0 Å². The number of aromatic nitrogens is 6. The van der Waals surface area contributed by atoms with Gasteiger partial charge in [-0.15, -0.1) is 6.58 Å². The Bertz CT molecular complexity index is 1190. The fourth-order valence-corrected chi connectivity index (χ4v) is 3.64. The van der Waals surface area contributed by atoms with Crippen LogP contribution in [0.25, 0.3) is 22.2 Å². The van der Waals surface area contributed by atoms with Crippen molar-refractivity contribution < 1.29 is 4.74 Å². The first kappa shape index (κ1) is 17.6. The second kappa shape index (κ2) is 7.17. The Morgan fingerprint density at radius 2 is 2.10 bits per heavy atom. The van der Waals surface area contributed by atoms with Crippen LogP contribution in [0.2, 0.25) is 0 Å². The third kappa shape index (κ3) is 3.19.